The first-order valence-electron chi connectivity index (χ1n) is 5.41. The number of fused-ring (bicyclic) bond motifs is 2. The highest BCUT2D eigenvalue weighted by Gasteiger charge is 2.17. The molecule has 0 radical (unpaired) electrons. The molecule has 1 aromatic carbocycles. The van der Waals surface area contributed by atoms with Crippen LogP contribution >= 0.6 is 0 Å². The van der Waals surface area contributed by atoms with Gasteiger partial charge in [0.05, 0.1) is 5.52 Å². The lowest BCUT2D eigenvalue weighted by Crippen LogP contribution is -2.10. The van der Waals surface area contributed by atoms with Gasteiger partial charge in [0.2, 0.25) is 0 Å². The Bertz CT molecular complexity index is 595. The van der Waals surface area contributed by atoms with Crippen molar-refractivity contribution in [3.63, 3.8) is 0 Å². The van der Waals surface area contributed by atoms with Gasteiger partial charge >= 0.3 is 0 Å². The molecular formula is C13H13NO. The Kier molecular flexibility index (Phi) is 1.72. The van der Waals surface area contributed by atoms with E-state index in [0.29, 0.717) is 0 Å². The summed E-state index contributed by atoms with van der Waals surface area (Å²) in [6, 6.07) is 5.91. The molecule has 2 aromatic rings. The standard InChI is InChI=1S/C13H13NO/c1-8-4-2-6-10-12(8)14-11-7-3-5-9(11)13(10)15/h2,4,6H,3,5,7H2,1H3,(H,14,15). The van der Waals surface area contributed by atoms with Crippen LogP contribution in [0.5, 0.6) is 0 Å². The lowest BCUT2D eigenvalue weighted by molar-refractivity contribution is 0.900. The van der Waals surface area contributed by atoms with E-state index in [1.54, 1.807) is 0 Å². The number of nitrogens with one attached hydrogen (secondary N) is 1. The van der Waals surface area contributed by atoms with E-state index in [4.69, 9.17) is 0 Å². The monoisotopic (exact) mass is 199 g/mol. The van der Waals surface area contributed by atoms with Crippen LogP contribution < -0.4 is 5.43 Å². The lowest BCUT2D eigenvalue weighted by atomic mass is 10.1. The zero-order chi connectivity index (χ0) is 10.4. The first kappa shape index (κ1) is 8.72. The Morgan fingerprint density at radius 3 is 3.00 bits per heavy atom. The zero-order valence-electron chi connectivity index (χ0n) is 8.76. The normalized spacial score (nSPS) is 14.5. The molecule has 0 bridgehead atoms. The summed E-state index contributed by atoms with van der Waals surface area (Å²) < 4.78 is 0. The topological polar surface area (TPSA) is 32.9 Å². The van der Waals surface area contributed by atoms with Crippen LogP contribution in [-0.4, -0.2) is 4.98 Å². The molecule has 2 heteroatoms. The largest absolute Gasteiger partial charge is 0.358 e. The second-order valence-corrected chi connectivity index (χ2v) is 4.26. The average Bonchev–Trinajstić information content (AvgIpc) is 2.68. The highest BCUT2D eigenvalue weighted by Crippen LogP contribution is 2.21. The third-order valence-corrected chi connectivity index (χ3v) is 3.29. The van der Waals surface area contributed by atoms with Crippen LogP contribution in [0.1, 0.15) is 23.2 Å². The van der Waals surface area contributed by atoms with Gasteiger partial charge in [0.1, 0.15) is 0 Å². The number of aryl methyl sites for hydroxylation is 2. The van der Waals surface area contributed by atoms with Crippen molar-refractivity contribution in [1.82, 2.24) is 4.98 Å². The molecule has 15 heavy (non-hydrogen) atoms. The Hall–Kier alpha value is -1.57. The Labute approximate surface area is 87.9 Å². The molecule has 1 aromatic heterocycles. The maximum Gasteiger partial charge on any atom is 0.192 e. The molecule has 0 saturated carbocycles. The van der Waals surface area contributed by atoms with Crippen molar-refractivity contribution in [3.05, 3.63) is 45.2 Å². The van der Waals surface area contributed by atoms with Gasteiger partial charge in [0, 0.05) is 16.6 Å². The average molecular weight is 199 g/mol. The van der Waals surface area contributed by atoms with Crippen LogP contribution in [0.2, 0.25) is 0 Å². The Balaban J connectivity index is 2.52. The summed E-state index contributed by atoms with van der Waals surface area (Å²) in [6.45, 7) is 2.04. The van der Waals surface area contributed by atoms with E-state index >= 15 is 0 Å². The van der Waals surface area contributed by atoms with Gasteiger partial charge in [-0.15, -0.1) is 0 Å². The van der Waals surface area contributed by atoms with Crippen LogP contribution in [0.15, 0.2) is 23.0 Å². The molecule has 0 aliphatic heterocycles. The number of H-pyrrole nitrogens is 1. The number of pyridine rings is 1. The van der Waals surface area contributed by atoms with Crippen LogP contribution in [0.25, 0.3) is 10.9 Å². The molecule has 0 atom stereocenters. The fraction of sp³-hybridized carbons (Fsp3) is 0.308. The molecule has 1 aliphatic rings. The molecule has 3 rings (SSSR count). The number of aromatic nitrogens is 1. The van der Waals surface area contributed by atoms with Gasteiger partial charge in [-0.1, -0.05) is 12.1 Å². The van der Waals surface area contributed by atoms with Crippen molar-refractivity contribution in [1.29, 1.82) is 0 Å². The summed E-state index contributed by atoms with van der Waals surface area (Å²) in [5.74, 6) is 0. The summed E-state index contributed by atoms with van der Waals surface area (Å²) in [6.07, 6.45) is 3.07. The van der Waals surface area contributed by atoms with Crippen molar-refractivity contribution in [2.45, 2.75) is 26.2 Å². The highest BCUT2D eigenvalue weighted by atomic mass is 16.1. The van der Waals surface area contributed by atoms with Gasteiger partial charge in [-0.2, -0.15) is 0 Å². The minimum absolute atomic E-state index is 0.236. The second kappa shape index (κ2) is 2.96. The summed E-state index contributed by atoms with van der Waals surface area (Å²) in [4.78, 5) is 15.6. The van der Waals surface area contributed by atoms with Gasteiger partial charge < -0.3 is 4.98 Å². The van der Waals surface area contributed by atoms with Crippen molar-refractivity contribution in [2.24, 2.45) is 0 Å². The van der Waals surface area contributed by atoms with Gasteiger partial charge in [-0.3, -0.25) is 4.79 Å². The quantitative estimate of drug-likeness (QED) is 0.694. The number of aromatic amines is 1. The first-order valence-corrected chi connectivity index (χ1v) is 5.41. The molecule has 1 heterocycles. The number of para-hydroxylation sites is 1. The van der Waals surface area contributed by atoms with Gasteiger partial charge in [0.25, 0.3) is 0 Å². The van der Waals surface area contributed by atoms with Crippen molar-refractivity contribution in [2.75, 3.05) is 0 Å². The second-order valence-electron chi connectivity index (χ2n) is 4.26. The first-order chi connectivity index (χ1) is 7.27. The van der Waals surface area contributed by atoms with E-state index in [2.05, 4.69) is 4.98 Å². The molecule has 2 nitrogen and oxygen atoms in total. The van der Waals surface area contributed by atoms with Gasteiger partial charge in [0.15, 0.2) is 5.43 Å². The molecule has 1 N–H and O–H groups in total. The molecule has 0 spiro atoms. The molecule has 0 fully saturated rings. The fourth-order valence-corrected chi connectivity index (χ4v) is 2.47. The Morgan fingerprint density at radius 1 is 1.27 bits per heavy atom. The highest BCUT2D eigenvalue weighted by molar-refractivity contribution is 5.82. The van der Waals surface area contributed by atoms with E-state index in [9.17, 15) is 4.79 Å². The molecule has 0 saturated heterocycles. The van der Waals surface area contributed by atoms with E-state index in [1.807, 2.05) is 25.1 Å². The minimum atomic E-state index is 0.236. The van der Waals surface area contributed by atoms with E-state index in [0.717, 1.165) is 47.0 Å². The van der Waals surface area contributed by atoms with Gasteiger partial charge in [-0.05, 0) is 37.8 Å². The number of benzene rings is 1. The maximum atomic E-state index is 12.2. The molecule has 76 valence electrons. The smallest absolute Gasteiger partial charge is 0.192 e. The molecule has 0 amide bonds. The summed E-state index contributed by atoms with van der Waals surface area (Å²) in [5.41, 5.74) is 4.57. The predicted octanol–water partition coefficient (Wildman–Crippen LogP) is 2.33. The molecular weight excluding hydrogens is 186 g/mol. The Morgan fingerprint density at radius 2 is 2.13 bits per heavy atom. The number of hydrogen-bond acceptors (Lipinski definition) is 1. The third kappa shape index (κ3) is 1.14. The van der Waals surface area contributed by atoms with Crippen molar-refractivity contribution >= 4 is 10.9 Å². The summed E-state index contributed by atoms with van der Waals surface area (Å²) >= 11 is 0. The van der Waals surface area contributed by atoms with E-state index in [1.165, 1.54) is 0 Å². The third-order valence-electron chi connectivity index (χ3n) is 3.29. The summed E-state index contributed by atoms with van der Waals surface area (Å²) in [5, 5.41) is 0.843. The SMILES string of the molecule is Cc1cccc2c(=O)c3c([nH]c12)CCC3. The number of hydrogen-bond donors (Lipinski definition) is 1. The van der Waals surface area contributed by atoms with Crippen LogP contribution in [-0.2, 0) is 12.8 Å². The maximum absolute atomic E-state index is 12.2. The van der Waals surface area contributed by atoms with Crippen LogP contribution in [0.4, 0.5) is 0 Å². The van der Waals surface area contributed by atoms with E-state index in [-0.39, 0.29) is 5.43 Å². The van der Waals surface area contributed by atoms with Crippen LogP contribution in [0.3, 0.4) is 0 Å². The van der Waals surface area contributed by atoms with Crippen LogP contribution in [0, 0.1) is 6.92 Å². The van der Waals surface area contributed by atoms with Gasteiger partial charge in [-0.25, -0.2) is 0 Å². The van der Waals surface area contributed by atoms with Crippen molar-refractivity contribution in [3.8, 4) is 0 Å². The van der Waals surface area contributed by atoms with E-state index < -0.39 is 0 Å². The molecule has 0 unspecified atom stereocenters. The minimum Gasteiger partial charge on any atom is -0.358 e. The number of rotatable bonds is 0. The molecule has 1 aliphatic carbocycles. The fourth-order valence-electron chi connectivity index (χ4n) is 2.47. The van der Waals surface area contributed by atoms with Crippen molar-refractivity contribution < 1.29 is 0 Å². The summed E-state index contributed by atoms with van der Waals surface area (Å²) in [7, 11) is 0. The lowest BCUT2D eigenvalue weighted by Gasteiger charge is -2.05. The zero-order valence-corrected chi connectivity index (χ0v) is 8.76. The predicted molar refractivity (Wildman–Crippen MR) is 61.3 cm³/mol.